The molecule has 0 aliphatic heterocycles. The monoisotopic (exact) mass is 284 g/mol. The van der Waals surface area contributed by atoms with Crippen LogP contribution in [-0.2, 0) is 4.74 Å². The van der Waals surface area contributed by atoms with Gasteiger partial charge in [-0.05, 0) is 33.0 Å². The lowest BCUT2D eigenvalue weighted by molar-refractivity contribution is 0.136. The van der Waals surface area contributed by atoms with Crippen LogP contribution in [0.3, 0.4) is 0 Å². The highest BCUT2D eigenvalue weighted by molar-refractivity contribution is 9.10. The number of aromatic nitrogens is 2. The maximum absolute atomic E-state index is 5.42. The van der Waals surface area contributed by atoms with E-state index in [1.807, 2.05) is 30.3 Å². The highest BCUT2D eigenvalue weighted by atomic mass is 79.9. The van der Waals surface area contributed by atoms with E-state index in [0.717, 1.165) is 10.6 Å². The van der Waals surface area contributed by atoms with Crippen LogP contribution in [0.4, 0.5) is 0 Å². The van der Waals surface area contributed by atoms with Gasteiger partial charge in [0.1, 0.15) is 11.1 Å². The minimum absolute atomic E-state index is 0.130. The van der Waals surface area contributed by atoms with Crippen LogP contribution in [0.1, 0.15) is 16.7 Å². The minimum Gasteiger partial charge on any atom is -0.369 e. The summed E-state index contributed by atoms with van der Waals surface area (Å²) in [5.74, 6) is 0. The van der Waals surface area contributed by atoms with Crippen LogP contribution in [-0.4, -0.2) is 16.5 Å². The molecule has 0 aliphatic rings. The van der Waals surface area contributed by atoms with Crippen molar-refractivity contribution in [3.63, 3.8) is 0 Å². The van der Waals surface area contributed by atoms with E-state index in [0.29, 0.717) is 4.73 Å². The molecule has 0 saturated heterocycles. The lowest BCUT2D eigenvalue weighted by atomic mass is 10.1. The topological polar surface area (TPSA) is 35.0 Å². The minimum atomic E-state index is -0.130. The Morgan fingerprint density at radius 2 is 2.07 bits per heavy atom. The van der Waals surface area contributed by atoms with Gasteiger partial charge in [-0.1, -0.05) is 30.3 Å². The van der Waals surface area contributed by atoms with Crippen molar-refractivity contribution in [3.8, 4) is 0 Å². The van der Waals surface area contributed by atoms with Gasteiger partial charge < -0.3 is 4.74 Å². The Labute approximate surface area is 100 Å². The first-order valence-corrected chi connectivity index (χ1v) is 5.94. The van der Waals surface area contributed by atoms with Crippen LogP contribution in [0, 0.1) is 0 Å². The van der Waals surface area contributed by atoms with Gasteiger partial charge in [-0.3, -0.25) is 0 Å². The molecule has 15 heavy (non-hydrogen) atoms. The smallest absolute Gasteiger partial charge is 0.209 e. The molecule has 0 radical (unpaired) electrons. The number of rotatable bonds is 3. The van der Waals surface area contributed by atoms with Crippen LogP contribution in [0.2, 0.25) is 0 Å². The molecule has 1 unspecified atom stereocenters. The third-order valence-corrected chi connectivity index (χ3v) is 3.33. The largest absolute Gasteiger partial charge is 0.369 e. The Balaban J connectivity index is 2.33. The fourth-order valence-electron chi connectivity index (χ4n) is 1.33. The molecule has 1 aromatic heterocycles. The van der Waals surface area contributed by atoms with E-state index in [-0.39, 0.29) is 6.10 Å². The van der Waals surface area contributed by atoms with Crippen molar-refractivity contribution >= 4 is 27.5 Å². The Kier molecular flexibility index (Phi) is 3.45. The second-order valence-corrected chi connectivity index (χ2v) is 4.42. The highest BCUT2D eigenvalue weighted by Crippen LogP contribution is 2.27. The van der Waals surface area contributed by atoms with Gasteiger partial charge >= 0.3 is 0 Å². The first kappa shape index (κ1) is 10.7. The fourth-order valence-corrected chi connectivity index (χ4v) is 2.52. The molecule has 0 saturated carbocycles. The van der Waals surface area contributed by atoms with Crippen molar-refractivity contribution in [2.75, 3.05) is 7.11 Å². The summed E-state index contributed by atoms with van der Waals surface area (Å²) in [6, 6.07) is 9.98. The van der Waals surface area contributed by atoms with Gasteiger partial charge in [-0.25, -0.2) is 4.98 Å². The first-order valence-electron chi connectivity index (χ1n) is 4.38. The standard InChI is InChI=1S/C10H9BrN2OS/c1-14-8(7-5-3-2-4-6-7)9-12-10(11)13-15-9/h2-6,8H,1H3. The molecule has 0 amide bonds. The number of hydrogen-bond donors (Lipinski definition) is 0. The van der Waals surface area contributed by atoms with E-state index >= 15 is 0 Å². The molecular weight excluding hydrogens is 276 g/mol. The number of methoxy groups -OCH3 is 1. The van der Waals surface area contributed by atoms with E-state index in [1.54, 1.807) is 7.11 Å². The van der Waals surface area contributed by atoms with E-state index in [2.05, 4.69) is 25.3 Å². The van der Waals surface area contributed by atoms with Crippen LogP contribution in [0.5, 0.6) is 0 Å². The third-order valence-electron chi connectivity index (χ3n) is 1.98. The van der Waals surface area contributed by atoms with Gasteiger partial charge in [-0.2, -0.15) is 4.37 Å². The Morgan fingerprint density at radius 1 is 1.33 bits per heavy atom. The van der Waals surface area contributed by atoms with E-state index < -0.39 is 0 Å². The predicted molar refractivity (Wildman–Crippen MR) is 62.9 cm³/mol. The molecule has 0 fully saturated rings. The summed E-state index contributed by atoms with van der Waals surface area (Å²) in [5.41, 5.74) is 1.09. The first-order chi connectivity index (χ1) is 7.31. The van der Waals surface area contributed by atoms with Crippen molar-refractivity contribution in [1.82, 2.24) is 9.36 Å². The molecule has 1 atom stereocenters. The SMILES string of the molecule is COC(c1ccccc1)c1nc(Br)ns1. The molecule has 0 bridgehead atoms. The van der Waals surface area contributed by atoms with Gasteiger partial charge in [0, 0.05) is 7.11 Å². The summed E-state index contributed by atoms with van der Waals surface area (Å²) >= 11 is 4.58. The van der Waals surface area contributed by atoms with Crippen LogP contribution in [0.25, 0.3) is 0 Å². The van der Waals surface area contributed by atoms with Gasteiger partial charge in [0.05, 0.1) is 0 Å². The van der Waals surface area contributed by atoms with E-state index in [9.17, 15) is 0 Å². The second-order valence-electron chi connectivity index (χ2n) is 2.93. The molecule has 5 heteroatoms. The number of halogens is 1. The average molecular weight is 285 g/mol. The highest BCUT2D eigenvalue weighted by Gasteiger charge is 2.17. The quantitative estimate of drug-likeness (QED) is 0.869. The molecule has 1 heterocycles. The zero-order chi connectivity index (χ0) is 10.7. The van der Waals surface area contributed by atoms with E-state index in [4.69, 9.17) is 4.74 Å². The van der Waals surface area contributed by atoms with Crippen molar-refractivity contribution in [3.05, 3.63) is 45.6 Å². The maximum atomic E-state index is 5.42. The summed E-state index contributed by atoms with van der Waals surface area (Å²) in [5, 5.41) is 0.857. The van der Waals surface area contributed by atoms with Crippen molar-refractivity contribution in [1.29, 1.82) is 0 Å². The van der Waals surface area contributed by atoms with Gasteiger partial charge in [0.2, 0.25) is 4.73 Å². The van der Waals surface area contributed by atoms with Crippen molar-refractivity contribution < 1.29 is 4.74 Å². The summed E-state index contributed by atoms with van der Waals surface area (Å²) < 4.78 is 10.1. The molecule has 0 spiro atoms. The van der Waals surface area contributed by atoms with Gasteiger partial charge in [-0.15, -0.1) is 0 Å². The summed E-state index contributed by atoms with van der Waals surface area (Å²) in [6.45, 7) is 0. The number of benzene rings is 1. The second kappa shape index (κ2) is 4.83. The van der Waals surface area contributed by atoms with E-state index in [1.165, 1.54) is 11.5 Å². The normalized spacial score (nSPS) is 12.7. The summed E-state index contributed by atoms with van der Waals surface area (Å²) in [7, 11) is 1.67. The molecule has 2 rings (SSSR count). The van der Waals surface area contributed by atoms with Crippen molar-refractivity contribution in [2.45, 2.75) is 6.10 Å². The van der Waals surface area contributed by atoms with Crippen LogP contribution in [0.15, 0.2) is 35.1 Å². The van der Waals surface area contributed by atoms with Crippen molar-refractivity contribution in [2.24, 2.45) is 0 Å². The molecular formula is C10H9BrN2OS. The molecule has 0 aliphatic carbocycles. The average Bonchev–Trinajstić information content (AvgIpc) is 2.68. The Morgan fingerprint density at radius 3 is 2.60 bits per heavy atom. The van der Waals surface area contributed by atoms with Gasteiger partial charge in [0.15, 0.2) is 0 Å². The third kappa shape index (κ3) is 2.42. The summed E-state index contributed by atoms with van der Waals surface area (Å²) in [4.78, 5) is 4.26. The van der Waals surface area contributed by atoms with Crippen LogP contribution >= 0.6 is 27.5 Å². The summed E-state index contributed by atoms with van der Waals surface area (Å²) in [6.07, 6.45) is -0.130. The fraction of sp³-hybridized carbons (Fsp3) is 0.200. The molecule has 78 valence electrons. The zero-order valence-corrected chi connectivity index (χ0v) is 10.5. The Hall–Kier alpha value is -0.780. The number of nitrogens with zero attached hydrogens (tertiary/aromatic N) is 2. The molecule has 1 aromatic carbocycles. The lowest BCUT2D eigenvalue weighted by Gasteiger charge is -2.11. The predicted octanol–water partition coefficient (Wildman–Crippen LogP) is 3.04. The maximum Gasteiger partial charge on any atom is 0.209 e. The molecule has 0 N–H and O–H groups in total. The Bertz CT molecular complexity index is 432. The number of ether oxygens (including phenoxy) is 1. The molecule has 3 nitrogen and oxygen atoms in total. The molecule has 2 aromatic rings. The zero-order valence-electron chi connectivity index (χ0n) is 8.05. The van der Waals surface area contributed by atoms with Crippen LogP contribution < -0.4 is 0 Å². The lowest BCUT2D eigenvalue weighted by Crippen LogP contribution is -2.02. The van der Waals surface area contributed by atoms with Gasteiger partial charge in [0.25, 0.3) is 0 Å². The number of hydrogen-bond acceptors (Lipinski definition) is 4.